The Morgan fingerprint density at radius 3 is 2.41 bits per heavy atom. The van der Waals surface area contributed by atoms with Gasteiger partial charge < -0.3 is 10.0 Å². The Labute approximate surface area is 133 Å². The largest absolute Gasteiger partial charge is 0.481 e. The summed E-state index contributed by atoms with van der Waals surface area (Å²) in [6.07, 6.45) is 7.85. The Balaban J connectivity index is 2.18. The molecule has 0 aromatic heterocycles. The molecule has 1 rings (SSSR count). The quantitative estimate of drug-likeness (QED) is 0.348. The summed E-state index contributed by atoms with van der Waals surface area (Å²) in [4.78, 5) is 24.6. The lowest BCUT2D eigenvalue weighted by molar-refractivity contribution is -0.167. The lowest BCUT2D eigenvalue weighted by Crippen LogP contribution is -2.32. The maximum absolute atomic E-state index is 11.7. The molecule has 0 aromatic rings. The fourth-order valence-electron chi connectivity index (χ4n) is 3.06. The van der Waals surface area contributed by atoms with Crippen LogP contribution in [-0.4, -0.2) is 57.8 Å². The van der Waals surface area contributed by atoms with Crippen molar-refractivity contribution in [3.63, 3.8) is 0 Å². The molecule has 1 atom stereocenters. The van der Waals surface area contributed by atoms with E-state index in [1.165, 1.54) is 38.8 Å². The van der Waals surface area contributed by atoms with E-state index in [0.29, 0.717) is 11.1 Å². The minimum Gasteiger partial charge on any atom is -0.481 e. The Morgan fingerprint density at radius 2 is 1.82 bits per heavy atom. The van der Waals surface area contributed by atoms with E-state index in [4.69, 9.17) is 5.11 Å². The zero-order valence-electron chi connectivity index (χ0n) is 13.7. The predicted molar refractivity (Wildman–Crippen MR) is 83.7 cm³/mol. The summed E-state index contributed by atoms with van der Waals surface area (Å²) < 4.78 is 0. The van der Waals surface area contributed by atoms with Crippen molar-refractivity contribution in [2.24, 2.45) is 0 Å². The molecule has 0 radical (unpaired) electrons. The highest BCUT2D eigenvalue weighted by Crippen LogP contribution is 2.20. The molecular formula is C16H30N2O4. The van der Waals surface area contributed by atoms with Gasteiger partial charge in [-0.3, -0.25) is 14.8 Å². The van der Waals surface area contributed by atoms with Crippen molar-refractivity contribution in [2.75, 3.05) is 19.6 Å². The molecule has 128 valence electrons. The van der Waals surface area contributed by atoms with Crippen LogP contribution >= 0.6 is 0 Å². The summed E-state index contributed by atoms with van der Waals surface area (Å²) in [6.45, 7) is 4.46. The number of likely N-dealkylation sites (tertiary alicyclic amines) is 1. The topological polar surface area (TPSA) is 81.1 Å². The van der Waals surface area contributed by atoms with Gasteiger partial charge in [-0.25, -0.2) is 5.06 Å². The fraction of sp³-hybridized carbons (Fsp3) is 0.875. The summed E-state index contributed by atoms with van der Waals surface area (Å²) in [6, 6.07) is 0.625. The summed E-state index contributed by atoms with van der Waals surface area (Å²) >= 11 is 0. The van der Waals surface area contributed by atoms with E-state index in [1.54, 1.807) is 0 Å². The Hall–Kier alpha value is -1.14. The molecule has 0 bridgehead atoms. The first-order valence-corrected chi connectivity index (χ1v) is 8.49. The summed E-state index contributed by atoms with van der Waals surface area (Å²) in [5, 5.41) is 18.5. The highest BCUT2D eigenvalue weighted by molar-refractivity contribution is 5.75. The van der Waals surface area contributed by atoms with Gasteiger partial charge in [0.05, 0.1) is 13.0 Å². The number of unbranched alkanes of at least 4 members (excludes halogenated alkanes) is 1. The van der Waals surface area contributed by atoms with Crippen LogP contribution in [0.25, 0.3) is 0 Å². The second-order valence-corrected chi connectivity index (χ2v) is 6.09. The molecule has 1 amide bonds. The van der Waals surface area contributed by atoms with Crippen LogP contribution < -0.4 is 0 Å². The summed E-state index contributed by atoms with van der Waals surface area (Å²) in [5.41, 5.74) is 0. The molecule has 2 N–H and O–H groups in total. The number of amides is 1. The maximum Gasteiger partial charge on any atom is 0.305 e. The van der Waals surface area contributed by atoms with Gasteiger partial charge in [-0.15, -0.1) is 0 Å². The van der Waals surface area contributed by atoms with Gasteiger partial charge in [0.2, 0.25) is 5.91 Å². The van der Waals surface area contributed by atoms with Gasteiger partial charge >= 0.3 is 5.97 Å². The zero-order valence-corrected chi connectivity index (χ0v) is 13.7. The van der Waals surface area contributed by atoms with Crippen molar-refractivity contribution in [3.8, 4) is 0 Å². The normalized spacial score (nSPS) is 16.6. The molecule has 6 nitrogen and oxygen atoms in total. The molecule has 0 aromatic carbocycles. The third-order valence-corrected chi connectivity index (χ3v) is 4.28. The number of hydrogen-bond acceptors (Lipinski definition) is 4. The standard InChI is InChI=1S/C16H30N2O4/c1-2-7-14(17-11-5-6-12-17)8-3-4-9-15(19)18(22)13-10-16(20)21/h14,22H,2-13H2,1H3,(H,20,21). The van der Waals surface area contributed by atoms with Crippen LogP contribution in [0.4, 0.5) is 0 Å². The van der Waals surface area contributed by atoms with Crippen molar-refractivity contribution in [1.82, 2.24) is 9.96 Å². The molecular weight excluding hydrogens is 284 g/mol. The number of hydrogen-bond donors (Lipinski definition) is 2. The van der Waals surface area contributed by atoms with Crippen LogP contribution in [0, 0.1) is 0 Å². The van der Waals surface area contributed by atoms with Crippen molar-refractivity contribution in [2.45, 2.75) is 70.8 Å². The zero-order chi connectivity index (χ0) is 16.4. The molecule has 0 spiro atoms. The maximum atomic E-state index is 11.7. The number of hydroxylamine groups is 2. The van der Waals surface area contributed by atoms with Crippen LogP contribution in [0.5, 0.6) is 0 Å². The number of carbonyl (C=O) groups is 2. The number of carboxylic acids is 1. The minimum absolute atomic E-state index is 0.138. The van der Waals surface area contributed by atoms with Crippen molar-refractivity contribution < 1.29 is 19.9 Å². The minimum atomic E-state index is -1.01. The van der Waals surface area contributed by atoms with Gasteiger partial charge in [-0.2, -0.15) is 0 Å². The van der Waals surface area contributed by atoms with Crippen LogP contribution in [0.3, 0.4) is 0 Å². The van der Waals surface area contributed by atoms with Crippen LogP contribution in [0.2, 0.25) is 0 Å². The first-order valence-electron chi connectivity index (χ1n) is 8.49. The van der Waals surface area contributed by atoms with Crippen molar-refractivity contribution in [3.05, 3.63) is 0 Å². The molecule has 1 saturated heterocycles. The average Bonchev–Trinajstić information content (AvgIpc) is 3.01. The first kappa shape index (κ1) is 18.9. The van der Waals surface area contributed by atoms with Gasteiger partial charge in [0.1, 0.15) is 0 Å². The highest BCUT2D eigenvalue weighted by atomic mass is 16.5. The number of rotatable bonds is 11. The first-order chi connectivity index (χ1) is 10.5. The molecule has 1 heterocycles. The SMILES string of the molecule is CCCC(CCCCC(=O)N(O)CCC(=O)O)N1CCCC1. The predicted octanol–water partition coefficient (Wildman–Crippen LogP) is 2.50. The third kappa shape index (κ3) is 7.22. The van der Waals surface area contributed by atoms with Gasteiger partial charge in [0.15, 0.2) is 0 Å². The van der Waals surface area contributed by atoms with Gasteiger partial charge in [0.25, 0.3) is 0 Å². The molecule has 22 heavy (non-hydrogen) atoms. The Bertz CT molecular complexity index is 343. The smallest absolute Gasteiger partial charge is 0.305 e. The molecule has 1 unspecified atom stereocenters. The van der Waals surface area contributed by atoms with E-state index in [1.807, 2.05) is 0 Å². The lowest BCUT2D eigenvalue weighted by atomic mass is 10.0. The van der Waals surface area contributed by atoms with E-state index in [0.717, 1.165) is 19.3 Å². The van der Waals surface area contributed by atoms with E-state index in [2.05, 4.69) is 11.8 Å². The molecule has 1 fully saturated rings. The van der Waals surface area contributed by atoms with E-state index in [-0.39, 0.29) is 25.3 Å². The molecule has 1 aliphatic rings. The third-order valence-electron chi connectivity index (χ3n) is 4.28. The number of nitrogens with zero attached hydrogens (tertiary/aromatic N) is 2. The second kappa shape index (κ2) is 10.6. The van der Waals surface area contributed by atoms with Crippen LogP contribution in [0.1, 0.15) is 64.7 Å². The van der Waals surface area contributed by atoms with Gasteiger partial charge in [0, 0.05) is 12.5 Å². The van der Waals surface area contributed by atoms with Crippen LogP contribution in [-0.2, 0) is 9.59 Å². The van der Waals surface area contributed by atoms with Crippen molar-refractivity contribution in [1.29, 1.82) is 0 Å². The van der Waals surface area contributed by atoms with E-state index in [9.17, 15) is 14.8 Å². The molecule has 6 heteroatoms. The Kier molecular flexibility index (Phi) is 9.08. The van der Waals surface area contributed by atoms with Gasteiger partial charge in [-0.1, -0.05) is 19.8 Å². The summed E-state index contributed by atoms with van der Waals surface area (Å²) in [7, 11) is 0. The Morgan fingerprint density at radius 1 is 1.14 bits per heavy atom. The van der Waals surface area contributed by atoms with E-state index >= 15 is 0 Å². The molecule has 1 aliphatic heterocycles. The monoisotopic (exact) mass is 314 g/mol. The van der Waals surface area contributed by atoms with Crippen molar-refractivity contribution >= 4 is 11.9 Å². The molecule has 0 aliphatic carbocycles. The second-order valence-electron chi connectivity index (χ2n) is 6.09. The lowest BCUT2D eigenvalue weighted by Gasteiger charge is -2.27. The number of carboxylic acid groups (broad SMARTS) is 1. The highest BCUT2D eigenvalue weighted by Gasteiger charge is 2.21. The number of carbonyl (C=O) groups excluding carboxylic acids is 1. The van der Waals surface area contributed by atoms with Crippen LogP contribution in [0.15, 0.2) is 0 Å². The van der Waals surface area contributed by atoms with Gasteiger partial charge in [-0.05, 0) is 45.2 Å². The fourth-order valence-corrected chi connectivity index (χ4v) is 3.06. The number of aliphatic carboxylic acids is 1. The molecule has 0 saturated carbocycles. The van der Waals surface area contributed by atoms with E-state index < -0.39 is 5.97 Å². The summed E-state index contributed by atoms with van der Waals surface area (Å²) in [5.74, 6) is -1.39. The average molecular weight is 314 g/mol.